The Hall–Kier alpha value is -0.800. The molecule has 4 saturated carbocycles. The van der Waals surface area contributed by atoms with Gasteiger partial charge in [-0.05, 0) is 142 Å². The van der Waals surface area contributed by atoms with E-state index >= 15 is 0 Å². The Balaban J connectivity index is 1.07. The first-order valence-corrected chi connectivity index (χ1v) is 14.4. The van der Waals surface area contributed by atoms with Gasteiger partial charge in [0.05, 0.1) is 18.6 Å². The molecule has 184 valence electrons. The van der Waals surface area contributed by atoms with Gasteiger partial charge in [0.25, 0.3) is 0 Å². The number of hydrogen-bond acceptors (Lipinski definition) is 3. The summed E-state index contributed by atoms with van der Waals surface area (Å²) in [4.78, 5) is 2.62. The Morgan fingerprint density at radius 1 is 0.970 bits per heavy atom. The molecule has 1 aromatic rings. The van der Waals surface area contributed by atoms with Crippen molar-refractivity contribution in [1.82, 2.24) is 4.90 Å². The predicted molar refractivity (Wildman–Crippen MR) is 133 cm³/mol. The molecule has 0 aromatic carbocycles. The first kappa shape index (κ1) is 22.7. The van der Waals surface area contributed by atoms with Crippen LogP contribution in [0.5, 0.6) is 0 Å². The summed E-state index contributed by atoms with van der Waals surface area (Å²) in [6.45, 7) is 10.2. The maximum Gasteiger partial charge on any atom is 0.0937 e. The lowest BCUT2D eigenvalue weighted by molar-refractivity contribution is -0.131. The molecule has 0 amide bonds. The largest absolute Gasteiger partial charge is 0.472 e. The SMILES string of the molecule is C[C@]12CC[C@H](OCCCN3CCCC3)C[C@H]1CC[C@@H]1[C@@H]2CC[C@]2(C)[C@@H](c3ccoc3)CC[C@@H]12. The Labute approximate surface area is 202 Å². The van der Waals surface area contributed by atoms with Gasteiger partial charge in [-0.3, -0.25) is 0 Å². The van der Waals surface area contributed by atoms with Crippen LogP contribution in [-0.2, 0) is 4.74 Å². The van der Waals surface area contributed by atoms with E-state index in [1.54, 1.807) is 0 Å². The molecule has 3 nitrogen and oxygen atoms in total. The zero-order valence-electron chi connectivity index (χ0n) is 21.3. The summed E-state index contributed by atoms with van der Waals surface area (Å²) in [5, 5.41) is 0. The standard InChI is InChI=1S/C30H47NO2/c1-29-13-10-24(33-18-5-17-31-15-3-4-16-31)20-23(29)6-7-25-27-9-8-26(22-12-19-32-21-22)30(27,2)14-11-28(25)29/h12,19,21,23-28H,3-11,13-18,20H2,1-2H3/t23-,24+,25+,26-,27+,28+,29+,30-/m1/s1. The molecular formula is C30H47NO2. The van der Waals surface area contributed by atoms with Crippen LogP contribution in [0.25, 0.3) is 0 Å². The molecule has 2 heterocycles. The molecule has 8 atom stereocenters. The van der Waals surface area contributed by atoms with E-state index in [9.17, 15) is 0 Å². The van der Waals surface area contributed by atoms with Crippen molar-refractivity contribution >= 4 is 0 Å². The molecule has 0 N–H and O–H groups in total. The maximum atomic E-state index is 6.48. The Bertz CT molecular complexity index is 785. The number of likely N-dealkylation sites (tertiary alicyclic amines) is 1. The van der Waals surface area contributed by atoms with Gasteiger partial charge < -0.3 is 14.1 Å². The fourth-order valence-electron chi connectivity index (χ4n) is 9.94. The average molecular weight is 454 g/mol. The van der Waals surface area contributed by atoms with E-state index in [2.05, 4.69) is 24.8 Å². The number of rotatable bonds is 6. The molecule has 0 radical (unpaired) electrons. The van der Waals surface area contributed by atoms with Crippen LogP contribution in [0.3, 0.4) is 0 Å². The predicted octanol–water partition coefficient (Wildman–Crippen LogP) is 7.28. The lowest BCUT2D eigenvalue weighted by Crippen LogP contribution is -2.53. The molecule has 6 rings (SSSR count). The molecule has 0 spiro atoms. The topological polar surface area (TPSA) is 25.6 Å². The van der Waals surface area contributed by atoms with Gasteiger partial charge in [-0.15, -0.1) is 0 Å². The van der Waals surface area contributed by atoms with Crippen molar-refractivity contribution in [3.05, 3.63) is 24.2 Å². The normalized spacial score (nSPS) is 45.5. The summed E-state index contributed by atoms with van der Waals surface area (Å²) in [5.74, 6) is 4.45. The lowest BCUT2D eigenvalue weighted by Gasteiger charge is -2.61. The first-order chi connectivity index (χ1) is 16.1. The minimum absolute atomic E-state index is 0.490. The second kappa shape index (κ2) is 9.01. The summed E-state index contributed by atoms with van der Waals surface area (Å²) >= 11 is 0. The summed E-state index contributed by atoms with van der Waals surface area (Å²) in [6, 6.07) is 2.25. The van der Waals surface area contributed by atoms with Crippen molar-refractivity contribution in [3.63, 3.8) is 0 Å². The van der Waals surface area contributed by atoms with Crippen molar-refractivity contribution in [2.24, 2.45) is 34.5 Å². The highest BCUT2D eigenvalue weighted by atomic mass is 16.5. The van der Waals surface area contributed by atoms with Gasteiger partial charge in [0.2, 0.25) is 0 Å². The quantitative estimate of drug-likeness (QED) is 0.423. The van der Waals surface area contributed by atoms with Gasteiger partial charge >= 0.3 is 0 Å². The van der Waals surface area contributed by atoms with Crippen molar-refractivity contribution in [2.75, 3.05) is 26.2 Å². The van der Waals surface area contributed by atoms with Crippen molar-refractivity contribution < 1.29 is 9.15 Å². The van der Waals surface area contributed by atoms with Gasteiger partial charge in [0.1, 0.15) is 0 Å². The third-order valence-corrected chi connectivity index (χ3v) is 11.7. The molecule has 1 saturated heterocycles. The second-order valence-electron chi connectivity index (χ2n) is 13.1. The monoisotopic (exact) mass is 453 g/mol. The highest BCUT2D eigenvalue weighted by Gasteiger charge is 2.60. The lowest BCUT2D eigenvalue weighted by atomic mass is 9.44. The van der Waals surface area contributed by atoms with Crippen LogP contribution in [0.2, 0.25) is 0 Å². The van der Waals surface area contributed by atoms with Crippen LogP contribution >= 0.6 is 0 Å². The Kier molecular flexibility index (Phi) is 6.18. The third kappa shape index (κ3) is 3.94. The van der Waals surface area contributed by atoms with Crippen LogP contribution in [-0.4, -0.2) is 37.2 Å². The fourth-order valence-corrected chi connectivity index (χ4v) is 9.94. The second-order valence-corrected chi connectivity index (χ2v) is 13.1. The van der Waals surface area contributed by atoms with Crippen LogP contribution in [0.15, 0.2) is 23.0 Å². The van der Waals surface area contributed by atoms with Crippen LogP contribution < -0.4 is 0 Å². The smallest absolute Gasteiger partial charge is 0.0937 e. The number of furan rings is 1. The molecule has 1 aromatic heterocycles. The first-order valence-electron chi connectivity index (χ1n) is 14.4. The summed E-state index contributed by atoms with van der Waals surface area (Å²) in [5.41, 5.74) is 2.53. The minimum atomic E-state index is 0.490. The molecule has 5 aliphatic rings. The van der Waals surface area contributed by atoms with Crippen molar-refractivity contribution in [2.45, 2.75) is 103 Å². The molecule has 1 aliphatic heterocycles. The van der Waals surface area contributed by atoms with Crippen LogP contribution in [0.1, 0.15) is 102 Å². The van der Waals surface area contributed by atoms with E-state index in [0.717, 1.165) is 36.2 Å². The number of fused-ring (bicyclic) bond motifs is 5. The molecule has 4 aliphatic carbocycles. The van der Waals surface area contributed by atoms with E-state index in [-0.39, 0.29) is 0 Å². The average Bonchev–Trinajstić information content (AvgIpc) is 3.57. The van der Waals surface area contributed by atoms with E-state index in [4.69, 9.17) is 9.15 Å². The van der Waals surface area contributed by atoms with Gasteiger partial charge in [-0.1, -0.05) is 13.8 Å². The van der Waals surface area contributed by atoms with E-state index in [1.807, 2.05) is 12.5 Å². The van der Waals surface area contributed by atoms with Gasteiger partial charge in [0.15, 0.2) is 0 Å². The van der Waals surface area contributed by atoms with Crippen molar-refractivity contribution in [1.29, 1.82) is 0 Å². The minimum Gasteiger partial charge on any atom is -0.472 e. The Morgan fingerprint density at radius 2 is 1.79 bits per heavy atom. The maximum absolute atomic E-state index is 6.48. The van der Waals surface area contributed by atoms with E-state index < -0.39 is 0 Å². The number of nitrogens with zero attached hydrogens (tertiary/aromatic N) is 1. The number of hydrogen-bond donors (Lipinski definition) is 0. The highest BCUT2D eigenvalue weighted by Crippen LogP contribution is 2.69. The van der Waals surface area contributed by atoms with Gasteiger partial charge in [0, 0.05) is 13.2 Å². The van der Waals surface area contributed by atoms with E-state index in [0.29, 0.717) is 16.9 Å². The van der Waals surface area contributed by atoms with E-state index in [1.165, 1.54) is 102 Å². The third-order valence-electron chi connectivity index (χ3n) is 11.7. The molecule has 5 fully saturated rings. The van der Waals surface area contributed by atoms with Crippen LogP contribution in [0.4, 0.5) is 0 Å². The zero-order chi connectivity index (χ0) is 22.5. The number of ether oxygens (including phenoxy) is 1. The molecule has 0 bridgehead atoms. The molecule has 3 heteroatoms. The van der Waals surface area contributed by atoms with Crippen LogP contribution in [0, 0.1) is 34.5 Å². The van der Waals surface area contributed by atoms with Gasteiger partial charge in [-0.2, -0.15) is 0 Å². The summed E-state index contributed by atoms with van der Waals surface area (Å²) in [7, 11) is 0. The molecular weight excluding hydrogens is 406 g/mol. The summed E-state index contributed by atoms with van der Waals surface area (Å²) < 4.78 is 12.0. The van der Waals surface area contributed by atoms with Gasteiger partial charge in [-0.25, -0.2) is 0 Å². The molecule has 0 unspecified atom stereocenters. The summed E-state index contributed by atoms with van der Waals surface area (Å²) in [6.07, 6.45) is 21.1. The molecule has 33 heavy (non-hydrogen) atoms. The fraction of sp³-hybridized carbons (Fsp3) is 0.867. The zero-order valence-corrected chi connectivity index (χ0v) is 21.3. The van der Waals surface area contributed by atoms with Crippen molar-refractivity contribution in [3.8, 4) is 0 Å². The highest BCUT2D eigenvalue weighted by molar-refractivity contribution is 5.22. The Morgan fingerprint density at radius 3 is 2.61 bits per heavy atom.